The van der Waals surface area contributed by atoms with E-state index in [1.54, 1.807) is 58.7 Å². The molecule has 0 N–H and O–H groups in total. The van der Waals surface area contributed by atoms with E-state index in [1.165, 1.54) is 20.0 Å². The molecule has 1 aliphatic heterocycles. The van der Waals surface area contributed by atoms with Crippen molar-refractivity contribution in [1.29, 1.82) is 0 Å². The topological polar surface area (TPSA) is 84.7 Å². The number of benzene rings is 2. The van der Waals surface area contributed by atoms with Crippen LogP contribution in [0.3, 0.4) is 0 Å². The fraction of sp³-hybridized carbons (Fsp3) is 0.294. The minimum Gasteiger partial charge on any atom is -0.496 e. The number of pyridine rings is 1. The zero-order chi connectivity index (χ0) is 30.5. The number of amides is 1. The van der Waals surface area contributed by atoms with Gasteiger partial charge in [-0.1, -0.05) is 30.4 Å². The van der Waals surface area contributed by atoms with Crippen molar-refractivity contribution < 1.29 is 17.9 Å². The lowest BCUT2D eigenvalue weighted by Crippen LogP contribution is -2.38. The molecule has 0 saturated carbocycles. The quantitative estimate of drug-likeness (QED) is 0.297. The number of carbonyl (C=O) groups excluding carboxylic acids is 1. The van der Waals surface area contributed by atoms with Crippen molar-refractivity contribution in [1.82, 2.24) is 18.8 Å². The second-order valence-corrected chi connectivity index (χ2v) is 14.1. The number of nitrogens with zero attached hydrogens (tertiary/aromatic N) is 4. The molecule has 0 radical (unpaired) electrons. The molecule has 222 valence electrons. The van der Waals surface area contributed by atoms with Crippen molar-refractivity contribution in [2.75, 3.05) is 34.8 Å². The highest BCUT2D eigenvalue weighted by Gasteiger charge is 2.41. The Balaban J connectivity index is 1.43. The van der Waals surface area contributed by atoms with Crippen molar-refractivity contribution in [2.45, 2.75) is 31.1 Å². The maximum atomic E-state index is 14.5. The normalized spacial score (nSPS) is 18.8. The smallest absolute Gasteiger partial charge is 0.253 e. The summed E-state index contributed by atoms with van der Waals surface area (Å²) in [6, 6.07) is 15.1. The number of fused-ring (bicyclic) bond motifs is 2. The van der Waals surface area contributed by atoms with Gasteiger partial charge < -0.3 is 14.5 Å². The molecule has 2 aromatic heterocycles. The van der Waals surface area contributed by atoms with E-state index in [-0.39, 0.29) is 5.91 Å². The molecule has 1 aliphatic carbocycles. The Kier molecular flexibility index (Phi) is 7.26. The molecule has 1 atom stereocenters. The molecule has 0 bridgehead atoms. The first-order valence-electron chi connectivity index (χ1n) is 14.3. The van der Waals surface area contributed by atoms with Crippen molar-refractivity contribution in [3.63, 3.8) is 0 Å². The minimum absolute atomic E-state index is 0.0948. The molecule has 8 nitrogen and oxygen atoms in total. The van der Waals surface area contributed by atoms with Gasteiger partial charge >= 0.3 is 0 Å². The molecule has 2 aromatic carbocycles. The summed E-state index contributed by atoms with van der Waals surface area (Å²) in [5, 5.41) is 0.723. The molecule has 1 amide bonds. The van der Waals surface area contributed by atoms with Gasteiger partial charge in [-0.2, -0.15) is 0 Å². The van der Waals surface area contributed by atoms with Crippen LogP contribution in [0.2, 0.25) is 0 Å². The van der Waals surface area contributed by atoms with Crippen molar-refractivity contribution in [2.24, 2.45) is 0 Å². The lowest BCUT2D eigenvalue weighted by atomic mass is 9.89. The van der Waals surface area contributed by atoms with E-state index >= 15 is 0 Å². The summed E-state index contributed by atoms with van der Waals surface area (Å²) in [4.78, 5) is 20.7. The Bertz CT molecular complexity index is 1900. The molecule has 2 aliphatic rings. The van der Waals surface area contributed by atoms with Gasteiger partial charge in [0, 0.05) is 56.1 Å². The second kappa shape index (κ2) is 10.8. The third-order valence-corrected chi connectivity index (χ3v) is 10.8. The van der Waals surface area contributed by atoms with Gasteiger partial charge in [-0.3, -0.25) is 4.79 Å². The van der Waals surface area contributed by atoms with Crippen LogP contribution in [-0.2, 0) is 23.0 Å². The summed E-state index contributed by atoms with van der Waals surface area (Å²) < 4.78 is 34.9. The van der Waals surface area contributed by atoms with Crippen molar-refractivity contribution in [3.8, 4) is 16.9 Å². The van der Waals surface area contributed by atoms with Crippen LogP contribution in [0, 0.1) is 0 Å². The molecule has 9 heteroatoms. The third kappa shape index (κ3) is 4.96. The molecule has 1 unspecified atom stereocenters. The number of rotatable bonds is 6. The monoisotopic (exact) mass is 596 g/mol. The standard InChI is InChI=1S/C34H36N4O4S/c1-34(15-6-8-25(20-34)26-18-27-21-37(4)17-14-28(27)31(19-26)42-5)43(40,41)38-22-30(29-9-7-16-35-32(29)38)23-10-12-24(13-11-23)33(39)36(2)3/h6-13,16,18-20,22H,14-15,17,21H2,1-5H3. The van der Waals surface area contributed by atoms with Gasteiger partial charge in [-0.25, -0.2) is 17.4 Å². The number of carbonyl (C=O) groups is 1. The van der Waals surface area contributed by atoms with E-state index in [2.05, 4.69) is 23.0 Å². The van der Waals surface area contributed by atoms with Crippen molar-refractivity contribution >= 4 is 32.5 Å². The predicted octanol–water partition coefficient (Wildman–Crippen LogP) is 5.38. The summed E-state index contributed by atoms with van der Waals surface area (Å²) >= 11 is 0. The first kappa shape index (κ1) is 28.9. The number of ether oxygens (including phenoxy) is 1. The van der Waals surface area contributed by atoms with Crippen LogP contribution < -0.4 is 4.74 Å². The Morgan fingerprint density at radius 1 is 1.09 bits per heavy atom. The molecular weight excluding hydrogens is 560 g/mol. The molecule has 0 fully saturated rings. The highest BCUT2D eigenvalue weighted by Crippen LogP contribution is 2.40. The summed E-state index contributed by atoms with van der Waals surface area (Å²) in [7, 11) is 3.25. The SMILES string of the molecule is COc1cc(C2=CC(C)(S(=O)(=O)n3cc(-c4ccc(C(=O)N(C)C)cc4)c4cccnc43)CC=C2)cc2c1CCN(C)C2. The maximum absolute atomic E-state index is 14.5. The first-order valence-corrected chi connectivity index (χ1v) is 15.8. The zero-order valence-electron chi connectivity index (χ0n) is 25.2. The van der Waals surface area contributed by atoms with Crippen LogP contribution >= 0.6 is 0 Å². The second-order valence-electron chi connectivity index (χ2n) is 11.8. The van der Waals surface area contributed by atoms with E-state index in [0.29, 0.717) is 17.6 Å². The Morgan fingerprint density at radius 3 is 2.58 bits per heavy atom. The van der Waals surface area contributed by atoms with E-state index in [4.69, 9.17) is 4.74 Å². The Hall–Kier alpha value is -4.21. The molecule has 3 heterocycles. The summed E-state index contributed by atoms with van der Waals surface area (Å²) in [6.45, 7) is 3.56. The van der Waals surface area contributed by atoms with Gasteiger partial charge in [0.05, 0.1) is 7.11 Å². The summed E-state index contributed by atoms with van der Waals surface area (Å²) in [5.74, 6) is 0.747. The Labute approximate surface area is 253 Å². The number of hydrogen-bond donors (Lipinski definition) is 0. The number of methoxy groups -OCH3 is 1. The number of allylic oxidation sites excluding steroid dienone is 3. The molecular formula is C34H36N4O4S. The van der Waals surface area contributed by atoms with Crippen LogP contribution in [0.4, 0.5) is 0 Å². The zero-order valence-corrected chi connectivity index (χ0v) is 26.0. The molecule has 0 spiro atoms. The van der Waals surface area contributed by atoms with Crippen LogP contribution in [0.25, 0.3) is 27.7 Å². The van der Waals surface area contributed by atoms with Gasteiger partial charge in [-0.05, 0) is 91.0 Å². The summed E-state index contributed by atoms with van der Waals surface area (Å²) in [6.07, 6.45) is 10.3. The minimum atomic E-state index is -3.96. The molecule has 6 rings (SSSR count). The van der Waals surface area contributed by atoms with E-state index in [0.717, 1.165) is 52.9 Å². The fourth-order valence-corrected chi connectivity index (χ4v) is 7.73. The van der Waals surface area contributed by atoms with Crippen LogP contribution in [0.1, 0.15) is 40.4 Å². The van der Waals surface area contributed by atoms with Gasteiger partial charge in [0.2, 0.25) is 10.0 Å². The summed E-state index contributed by atoms with van der Waals surface area (Å²) in [5.41, 5.74) is 6.68. The number of aromatic nitrogens is 2. The predicted molar refractivity (Wildman–Crippen MR) is 171 cm³/mol. The lowest BCUT2D eigenvalue weighted by Gasteiger charge is -2.30. The molecule has 0 saturated heterocycles. The highest BCUT2D eigenvalue weighted by atomic mass is 32.2. The fourth-order valence-electron chi connectivity index (χ4n) is 6.08. The van der Waals surface area contributed by atoms with Crippen LogP contribution in [0.5, 0.6) is 5.75 Å². The number of hydrogen-bond acceptors (Lipinski definition) is 6. The van der Waals surface area contributed by atoms with E-state index in [9.17, 15) is 13.2 Å². The average molecular weight is 597 g/mol. The van der Waals surface area contributed by atoms with Gasteiger partial charge in [0.1, 0.15) is 10.5 Å². The third-order valence-electron chi connectivity index (χ3n) is 8.55. The lowest BCUT2D eigenvalue weighted by molar-refractivity contribution is 0.0827. The molecule has 4 aromatic rings. The Morgan fingerprint density at radius 2 is 1.86 bits per heavy atom. The van der Waals surface area contributed by atoms with Gasteiger partial charge in [0.15, 0.2) is 5.65 Å². The van der Waals surface area contributed by atoms with Crippen molar-refractivity contribution in [3.05, 3.63) is 101 Å². The van der Waals surface area contributed by atoms with E-state index < -0.39 is 14.8 Å². The van der Waals surface area contributed by atoms with Gasteiger partial charge in [-0.15, -0.1) is 0 Å². The first-order chi connectivity index (χ1) is 20.5. The largest absolute Gasteiger partial charge is 0.496 e. The maximum Gasteiger partial charge on any atom is 0.253 e. The average Bonchev–Trinajstić information content (AvgIpc) is 3.40. The van der Waals surface area contributed by atoms with E-state index in [1.807, 2.05) is 42.5 Å². The van der Waals surface area contributed by atoms with Gasteiger partial charge in [0.25, 0.3) is 5.91 Å². The number of likely N-dealkylation sites (N-methyl/N-ethyl adjacent to an activating group) is 1. The highest BCUT2D eigenvalue weighted by molar-refractivity contribution is 7.91. The molecule has 43 heavy (non-hydrogen) atoms. The van der Waals surface area contributed by atoms with Crippen LogP contribution in [0.15, 0.2) is 79.2 Å². The van der Waals surface area contributed by atoms with Crippen LogP contribution in [-0.4, -0.2) is 72.6 Å².